The first-order chi connectivity index (χ1) is 12.0. The molecular formula is C21H28O4. The quantitative estimate of drug-likeness (QED) is 0.512. The molecule has 4 heteroatoms. The van der Waals surface area contributed by atoms with Crippen LogP contribution in [0.4, 0.5) is 0 Å². The lowest BCUT2D eigenvalue weighted by molar-refractivity contribution is -0.149. The first-order valence-electron chi connectivity index (χ1n) is 9.06. The molecule has 0 saturated heterocycles. The summed E-state index contributed by atoms with van der Waals surface area (Å²) >= 11 is 0. The molecule has 0 aliphatic heterocycles. The lowest BCUT2D eigenvalue weighted by Crippen LogP contribution is -2.29. The van der Waals surface area contributed by atoms with Gasteiger partial charge in [0.2, 0.25) is 0 Å². The maximum absolute atomic E-state index is 12.3. The average molecular weight is 344 g/mol. The Morgan fingerprint density at radius 3 is 2.52 bits per heavy atom. The highest BCUT2D eigenvalue weighted by molar-refractivity contribution is 5.81. The summed E-state index contributed by atoms with van der Waals surface area (Å²) in [6, 6.07) is 9.54. The van der Waals surface area contributed by atoms with Gasteiger partial charge in [-0.05, 0) is 37.3 Å². The van der Waals surface area contributed by atoms with E-state index in [0.29, 0.717) is 18.6 Å². The first kappa shape index (κ1) is 19.2. The fraction of sp³-hybridized carbons (Fsp3) is 0.524. The van der Waals surface area contributed by atoms with E-state index in [1.165, 1.54) is 7.11 Å². The largest absolute Gasteiger partial charge is 0.468 e. The molecule has 0 amide bonds. The van der Waals surface area contributed by atoms with Gasteiger partial charge in [0.05, 0.1) is 18.9 Å². The highest BCUT2D eigenvalue weighted by Crippen LogP contribution is 2.46. The molecule has 1 aromatic rings. The summed E-state index contributed by atoms with van der Waals surface area (Å²) in [6.45, 7) is 4.04. The number of hydrogen-bond acceptors (Lipinski definition) is 4. The number of methoxy groups -OCH3 is 1. The lowest BCUT2D eigenvalue weighted by atomic mass is 9.81. The van der Waals surface area contributed by atoms with Crippen LogP contribution in [0.15, 0.2) is 41.7 Å². The van der Waals surface area contributed by atoms with Crippen LogP contribution in [0.3, 0.4) is 0 Å². The maximum atomic E-state index is 12.3. The van der Waals surface area contributed by atoms with Crippen molar-refractivity contribution >= 4 is 11.9 Å². The van der Waals surface area contributed by atoms with Crippen LogP contribution in [0.1, 0.15) is 57.9 Å². The van der Waals surface area contributed by atoms with Gasteiger partial charge in [-0.15, -0.1) is 0 Å². The summed E-state index contributed by atoms with van der Waals surface area (Å²) < 4.78 is 10.7. The van der Waals surface area contributed by atoms with Gasteiger partial charge >= 0.3 is 11.9 Å². The van der Waals surface area contributed by atoms with Gasteiger partial charge in [-0.2, -0.15) is 0 Å². The monoisotopic (exact) mass is 344 g/mol. The standard InChI is InChI=1S/C21H28O4/c1-4-5-7-12-17-18(13-14-21(17,2)20(23)24-3)25-19(22)15-16-10-8-6-9-11-16/h6,8-11H,4-5,7,12-15H2,1-3H3. The summed E-state index contributed by atoms with van der Waals surface area (Å²) in [5.41, 5.74) is 1.19. The number of hydrogen-bond donors (Lipinski definition) is 0. The van der Waals surface area contributed by atoms with Crippen LogP contribution in [0.2, 0.25) is 0 Å². The van der Waals surface area contributed by atoms with Crippen LogP contribution in [0.5, 0.6) is 0 Å². The summed E-state index contributed by atoms with van der Waals surface area (Å²) in [7, 11) is 1.41. The van der Waals surface area contributed by atoms with Gasteiger partial charge in [-0.25, -0.2) is 0 Å². The number of benzene rings is 1. The second kappa shape index (κ2) is 8.84. The highest BCUT2D eigenvalue weighted by atomic mass is 16.5. The SMILES string of the molecule is CCCCCC1=C(OC(=O)Cc2ccccc2)CCC1(C)C(=O)OC. The molecule has 25 heavy (non-hydrogen) atoms. The zero-order valence-electron chi connectivity index (χ0n) is 15.5. The Kier molecular flexibility index (Phi) is 6.80. The Bertz CT molecular complexity index is 633. The number of rotatable bonds is 8. The first-order valence-corrected chi connectivity index (χ1v) is 9.06. The van der Waals surface area contributed by atoms with E-state index in [2.05, 4.69) is 6.92 Å². The van der Waals surface area contributed by atoms with E-state index in [0.717, 1.165) is 36.8 Å². The van der Waals surface area contributed by atoms with Gasteiger partial charge in [0.1, 0.15) is 5.76 Å². The lowest BCUT2D eigenvalue weighted by Gasteiger charge is -2.24. The predicted molar refractivity (Wildman–Crippen MR) is 96.8 cm³/mol. The highest BCUT2D eigenvalue weighted by Gasteiger charge is 2.44. The van der Waals surface area contributed by atoms with Crippen molar-refractivity contribution in [3.05, 3.63) is 47.2 Å². The van der Waals surface area contributed by atoms with E-state index >= 15 is 0 Å². The number of unbranched alkanes of at least 4 members (excludes halogenated alkanes) is 2. The molecule has 0 fully saturated rings. The van der Waals surface area contributed by atoms with Crippen molar-refractivity contribution < 1.29 is 19.1 Å². The van der Waals surface area contributed by atoms with Gasteiger partial charge in [0.25, 0.3) is 0 Å². The molecule has 0 radical (unpaired) electrons. The second-order valence-corrected chi connectivity index (χ2v) is 6.82. The number of carbonyl (C=O) groups excluding carboxylic acids is 2. The van der Waals surface area contributed by atoms with E-state index in [-0.39, 0.29) is 18.4 Å². The molecule has 1 aromatic carbocycles. The molecule has 1 aliphatic carbocycles. The second-order valence-electron chi connectivity index (χ2n) is 6.82. The van der Waals surface area contributed by atoms with Crippen LogP contribution in [0.25, 0.3) is 0 Å². The van der Waals surface area contributed by atoms with Crippen molar-refractivity contribution in [1.29, 1.82) is 0 Å². The normalized spacial score (nSPS) is 19.8. The van der Waals surface area contributed by atoms with Crippen LogP contribution in [0, 0.1) is 5.41 Å². The molecule has 0 N–H and O–H groups in total. The van der Waals surface area contributed by atoms with Crippen LogP contribution in [-0.4, -0.2) is 19.0 Å². The van der Waals surface area contributed by atoms with E-state index in [9.17, 15) is 9.59 Å². The van der Waals surface area contributed by atoms with Gasteiger partial charge < -0.3 is 9.47 Å². The molecule has 4 nitrogen and oxygen atoms in total. The third-order valence-corrected chi connectivity index (χ3v) is 4.95. The van der Waals surface area contributed by atoms with Gasteiger partial charge in [0, 0.05) is 6.42 Å². The molecule has 1 unspecified atom stereocenters. The minimum absolute atomic E-state index is 0.238. The minimum atomic E-state index is -0.676. The smallest absolute Gasteiger partial charge is 0.315 e. The fourth-order valence-corrected chi connectivity index (χ4v) is 3.44. The molecule has 0 spiro atoms. The molecule has 2 rings (SSSR count). The number of carbonyl (C=O) groups is 2. The summed E-state index contributed by atoms with van der Waals surface area (Å²) in [5, 5.41) is 0. The molecule has 1 aliphatic rings. The summed E-state index contributed by atoms with van der Waals surface area (Å²) in [4.78, 5) is 24.6. The van der Waals surface area contributed by atoms with Crippen molar-refractivity contribution in [2.45, 2.75) is 58.8 Å². The molecule has 136 valence electrons. The Labute approximate surface area is 150 Å². The van der Waals surface area contributed by atoms with Gasteiger partial charge in [-0.1, -0.05) is 50.1 Å². The van der Waals surface area contributed by atoms with E-state index in [1.54, 1.807) is 0 Å². The number of ether oxygens (including phenoxy) is 2. The molecule has 0 aromatic heterocycles. The molecule has 0 heterocycles. The zero-order chi connectivity index (χ0) is 18.3. The zero-order valence-corrected chi connectivity index (χ0v) is 15.5. The van der Waals surface area contributed by atoms with Crippen molar-refractivity contribution in [2.75, 3.05) is 7.11 Å². The molecule has 0 saturated carbocycles. The minimum Gasteiger partial charge on any atom is -0.468 e. The van der Waals surface area contributed by atoms with Crippen molar-refractivity contribution in [3.8, 4) is 0 Å². The van der Waals surface area contributed by atoms with Crippen molar-refractivity contribution in [1.82, 2.24) is 0 Å². The topological polar surface area (TPSA) is 52.6 Å². The predicted octanol–water partition coefficient (Wildman–Crippen LogP) is 4.58. The Balaban J connectivity index is 2.15. The summed E-state index contributed by atoms with van der Waals surface area (Å²) in [6.07, 6.45) is 5.42. The average Bonchev–Trinajstić information content (AvgIpc) is 2.92. The van der Waals surface area contributed by atoms with Gasteiger partial charge in [0.15, 0.2) is 0 Å². The molecule has 1 atom stereocenters. The van der Waals surface area contributed by atoms with Crippen LogP contribution >= 0.6 is 0 Å². The maximum Gasteiger partial charge on any atom is 0.315 e. The van der Waals surface area contributed by atoms with Crippen molar-refractivity contribution in [3.63, 3.8) is 0 Å². The Morgan fingerprint density at radius 1 is 1.16 bits per heavy atom. The van der Waals surface area contributed by atoms with E-state index in [4.69, 9.17) is 9.47 Å². The van der Waals surface area contributed by atoms with E-state index < -0.39 is 5.41 Å². The van der Waals surface area contributed by atoms with Crippen LogP contribution in [-0.2, 0) is 25.5 Å². The van der Waals surface area contributed by atoms with Gasteiger partial charge in [-0.3, -0.25) is 9.59 Å². The Hall–Kier alpha value is -2.10. The fourth-order valence-electron chi connectivity index (χ4n) is 3.44. The number of esters is 2. The molecule has 0 bridgehead atoms. The Morgan fingerprint density at radius 2 is 1.88 bits per heavy atom. The third-order valence-electron chi connectivity index (χ3n) is 4.95. The molecular weight excluding hydrogens is 316 g/mol. The summed E-state index contributed by atoms with van der Waals surface area (Å²) in [5.74, 6) is 0.154. The van der Waals surface area contributed by atoms with Crippen LogP contribution < -0.4 is 0 Å². The van der Waals surface area contributed by atoms with Crippen molar-refractivity contribution in [2.24, 2.45) is 5.41 Å². The third kappa shape index (κ3) is 4.71. The van der Waals surface area contributed by atoms with E-state index in [1.807, 2.05) is 37.3 Å². The number of allylic oxidation sites excluding steroid dienone is 1.